The Labute approximate surface area is 132 Å². The third-order valence-electron chi connectivity index (χ3n) is 4.82. The summed E-state index contributed by atoms with van der Waals surface area (Å²) in [6, 6.07) is 8.22. The number of rotatable bonds is 6. The van der Waals surface area contributed by atoms with Gasteiger partial charge >= 0.3 is 5.97 Å². The number of likely N-dealkylation sites (tertiary alicyclic amines) is 1. The second-order valence-corrected chi connectivity index (χ2v) is 6.69. The summed E-state index contributed by atoms with van der Waals surface area (Å²) < 4.78 is 5.97. The van der Waals surface area contributed by atoms with E-state index in [1.807, 2.05) is 12.1 Å². The van der Waals surface area contributed by atoms with E-state index in [0.717, 1.165) is 18.9 Å². The van der Waals surface area contributed by atoms with E-state index in [-0.39, 0.29) is 5.92 Å². The van der Waals surface area contributed by atoms with Gasteiger partial charge in [0.2, 0.25) is 0 Å². The molecule has 2 fully saturated rings. The number of carboxylic acid groups (broad SMARTS) is 1. The third-order valence-corrected chi connectivity index (χ3v) is 4.82. The topological polar surface area (TPSA) is 49.8 Å². The molecule has 1 aliphatic carbocycles. The summed E-state index contributed by atoms with van der Waals surface area (Å²) in [5, 5.41) is 8.91. The van der Waals surface area contributed by atoms with Crippen molar-refractivity contribution in [3.05, 3.63) is 29.8 Å². The van der Waals surface area contributed by atoms with Crippen LogP contribution in [-0.4, -0.2) is 35.7 Å². The lowest BCUT2D eigenvalue weighted by Crippen LogP contribution is -2.49. The maximum atomic E-state index is 10.8. The first kappa shape index (κ1) is 15.3. The van der Waals surface area contributed by atoms with Crippen LogP contribution in [0.5, 0.6) is 5.75 Å². The van der Waals surface area contributed by atoms with Crippen LogP contribution >= 0.6 is 0 Å². The number of aliphatic carboxylic acids is 1. The molecule has 1 saturated carbocycles. The first-order chi connectivity index (χ1) is 10.7. The molecule has 1 saturated heterocycles. The molecule has 0 spiro atoms. The minimum Gasteiger partial charge on any atom is -0.493 e. The van der Waals surface area contributed by atoms with Gasteiger partial charge in [0.1, 0.15) is 5.75 Å². The fourth-order valence-electron chi connectivity index (χ4n) is 3.41. The van der Waals surface area contributed by atoms with Crippen molar-refractivity contribution in [2.24, 2.45) is 11.8 Å². The number of benzene rings is 1. The van der Waals surface area contributed by atoms with Crippen molar-refractivity contribution in [1.82, 2.24) is 4.90 Å². The highest BCUT2D eigenvalue weighted by Gasteiger charge is 2.32. The number of carbonyl (C=O) groups is 1. The Morgan fingerprint density at radius 2 is 2.00 bits per heavy atom. The average molecular weight is 303 g/mol. The van der Waals surface area contributed by atoms with Crippen LogP contribution < -0.4 is 4.74 Å². The monoisotopic (exact) mass is 303 g/mol. The normalized spacial score (nSPS) is 20.5. The molecule has 1 aromatic carbocycles. The van der Waals surface area contributed by atoms with E-state index in [2.05, 4.69) is 17.0 Å². The highest BCUT2D eigenvalue weighted by atomic mass is 16.5. The molecule has 1 heterocycles. The summed E-state index contributed by atoms with van der Waals surface area (Å²) in [7, 11) is 0. The molecule has 0 aromatic heterocycles. The fourth-order valence-corrected chi connectivity index (χ4v) is 3.41. The van der Waals surface area contributed by atoms with Crippen LogP contribution in [0.1, 0.15) is 37.7 Å². The molecule has 1 aromatic rings. The number of ether oxygens (including phenoxy) is 1. The van der Waals surface area contributed by atoms with E-state index < -0.39 is 5.97 Å². The van der Waals surface area contributed by atoms with E-state index in [0.29, 0.717) is 19.0 Å². The van der Waals surface area contributed by atoms with Crippen LogP contribution in [0.25, 0.3) is 0 Å². The zero-order valence-electron chi connectivity index (χ0n) is 13.0. The molecule has 22 heavy (non-hydrogen) atoms. The van der Waals surface area contributed by atoms with Crippen molar-refractivity contribution < 1.29 is 14.6 Å². The number of carboxylic acids is 1. The van der Waals surface area contributed by atoms with Gasteiger partial charge in [-0.1, -0.05) is 31.4 Å². The van der Waals surface area contributed by atoms with Crippen molar-refractivity contribution in [3.63, 3.8) is 0 Å². The minimum absolute atomic E-state index is 0.189. The molecule has 0 amide bonds. The van der Waals surface area contributed by atoms with Crippen molar-refractivity contribution in [1.29, 1.82) is 0 Å². The van der Waals surface area contributed by atoms with Gasteiger partial charge in [-0.05, 0) is 36.5 Å². The van der Waals surface area contributed by atoms with E-state index in [9.17, 15) is 4.79 Å². The summed E-state index contributed by atoms with van der Waals surface area (Å²) in [6.45, 7) is 2.95. The molecule has 4 nitrogen and oxygen atoms in total. The molecule has 0 unspecified atom stereocenters. The predicted molar refractivity (Wildman–Crippen MR) is 84.9 cm³/mol. The molecule has 120 valence electrons. The van der Waals surface area contributed by atoms with Gasteiger partial charge in [-0.25, -0.2) is 0 Å². The molecule has 0 atom stereocenters. The molecule has 1 N–H and O–H groups in total. The summed E-state index contributed by atoms with van der Waals surface area (Å²) in [6.07, 6.45) is 6.65. The largest absolute Gasteiger partial charge is 0.493 e. The first-order valence-corrected chi connectivity index (χ1v) is 8.37. The molecular weight excluding hydrogens is 278 g/mol. The van der Waals surface area contributed by atoms with E-state index >= 15 is 0 Å². The van der Waals surface area contributed by atoms with Crippen molar-refractivity contribution in [2.75, 3.05) is 19.7 Å². The molecule has 4 heteroatoms. The standard InChI is InChI=1S/C18H25NO3/c20-18(21)16-11-19(12-16)10-15-7-4-8-17(9-15)22-13-14-5-2-1-3-6-14/h4,7-9,14,16H,1-3,5-6,10-13H2,(H,20,21). The Balaban J connectivity index is 1.46. The van der Waals surface area contributed by atoms with Gasteiger partial charge in [-0.15, -0.1) is 0 Å². The van der Waals surface area contributed by atoms with E-state index in [1.54, 1.807) is 0 Å². The van der Waals surface area contributed by atoms with Gasteiger partial charge in [-0.2, -0.15) is 0 Å². The molecule has 0 bridgehead atoms. The maximum Gasteiger partial charge on any atom is 0.309 e. The summed E-state index contributed by atoms with van der Waals surface area (Å²) in [5.41, 5.74) is 1.20. The van der Waals surface area contributed by atoms with Gasteiger partial charge in [0.15, 0.2) is 0 Å². The second kappa shape index (κ2) is 7.14. The lowest BCUT2D eigenvalue weighted by molar-refractivity contribution is -0.147. The molecule has 2 aliphatic rings. The summed E-state index contributed by atoms with van der Waals surface area (Å²) in [5.74, 6) is 0.786. The minimum atomic E-state index is -0.680. The Bertz CT molecular complexity index is 505. The van der Waals surface area contributed by atoms with Gasteiger partial charge < -0.3 is 9.84 Å². The van der Waals surface area contributed by atoms with Crippen LogP contribution in [0.15, 0.2) is 24.3 Å². The zero-order valence-corrected chi connectivity index (χ0v) is 13.0. The van der Waals surface area contributed by atoms with Crippen LogP contribution in [-0.2, 0) is 11.3 Å². The average Bonchev–Trinajstić information content (AvgIpc) is 2.49. The first-order valence-electron chi connectivity index (χ1n) is 8.37. The van der Waals surface area contributed by atoms with Gasteiger partial charge in [-0.3, -0.25) is 9.69 Å². The quantitative estimate of drug-likeness (QED) is 0.877. The van der Waals surface area contributed by atoms with Gasteiger partial charge in [0.05, 0.1) is 12.5 Å². The van der Waals surface area contributed by atoms with Gasteiger partial charge in [0, 0.05) is 19.6 Å². The Morgan fingerprint density at radius 1 is 1.23 bits per heavy atom. The number of nitrogens with zero attached hydrogens (tertiary/aromatic N) is 1. The lowest BCUT2D eigenvalue weighted by Gasteiger charge is -2.36. The lowest BCUT2D eigenvalue weighted by atomic mass is 9.90. The Kier molecular flexibility index (Phi) is 4.98. The molecule has 3 rings (SSSR count). The van der Waals surface area contributed by atoms with Crippen molar-refractivity contribution in [2.45, 2.75) is 38.6 Å². The van der Waals surface area contributed by atoms with Crippen LogP contribution in [0, 0.1) is 11.8 Å². The SMILES string of the molecule is O=C(O)C1CN(Cc2cccc(OCC3CCCCC3)c2)C1. The highest BCUT2D eigenvalue weighted by Crippen LogP contribution is 2.25. The van der Waals surface area contributed by atoms with Crippen molar-refractivity contribution >= 4 is 5.97 Å². The predicted octanol–water partition coefficient (Wildman–Crippen LogP) is 3.16. The zero-order chi connectivity index (χ0) is 15.4. The summed E-state index contributed by atoms with van der Waals surface area (Å²) in [4.78, 5) is 13.0. The molecule has 0 radical (unpaired) electrons. The van der Waals surface area contributed by atoms with Gasteiger partial charge in [0.25, 0.3) is 0 Å². The van der Waals surface area contributed by atoms with E-state index in [4.69, 9.17) is 9.84 Å². The van der Waals surface area contributed by atoms with E-state index in [1.165, 1.54) is 37.7 Å². The van der Waals surface area contributed by atoms with Crippen LogP contribution in [0.2, 0.25) is 0 Å². The van der Waals surface area contributed by atoms with Crippen LogP contribution in [0.4, 0.5) is 0 Å². The van der Waals surface area contributed by atoms with Crippen LogP contribution in [0.3, 0.4) is 0 Å². The molecular formula is C18H25NO3. The van der Waals surface area contributed by atoms with Crippen molar-refractivity contribution in [3.8, 4) is 5.75 Å². The Hall–Kier alpha value is -1.55. The highest BCUT2D eigenvalue weighted by molar-refractivity contribution is 5.71. The number of hydrogen-bond acceptors (Lipinski definition) is 3. The smallest absolute Gasteiger partial charge is 0.309 e. The summed E-state index contributed by atoms with van der Waals surface area (Å²) >= 11 is 0. The number of hydrogen-bond donors (Lipinski definition) is 1. The fraction of sp³-hybridized carbons (Fsp3) is 0.611. The Morgan fingerprint density at radius 3 is 2.73 bits per heavy atom. The maximum absolute atomic E-state index is 10.8. The second-order valence-electron chi connectivity index (χ2n) is 6.69. The third kappa shape index (κ3) is 4.01. The molecule has 1 aliphatic heterocycles.